The molecule has 8 nitrogen and oxygen atoms in total. The molecule has 0 unspecified atom stereocenters. The second kappa shape index (κ2) is 9.89. The van der Waals surface area contributed by atoms with Crippen molar-refractivity contribution in [3.63, 3.8) is 0 Å². The predicted molar refractivity (Wildman–Crippen MR) is 112 cm³/mol. The number of aromatic nitrogens is 2. The van der Waals surface area contributed by atoms with Gasteiger partial charge in [0.15, 0.2) is 11.5 Å². The van der Waals surface area contributed by atoms with Gasteiger partial charge < -0.3 is 15.5 Å². The predicted octanol–water partition coefficient (Wildman–Crippen LogP) is 2.04. The van der Waals surface area contributed by atoms with Crippen LogP contribution in [0, 0.1) is 17.2 Å². The summed E-state index contributed by atoms with van der Waals surface area (Å²) >= 11 is 1.57. The van der Waals surface area contributed by atoms with Gasteiger partial charge in [0.05, 0.1) is 0 Å². The molecule has 2 aromatic rings. The molecule has 0 saturated carbocycles. The third-order valence-corrected chi connectivity index (χ3v) is 5.51. The number of nitriles is 1. The average molecular weight is 411 g/mol. The van der Waals surface area contributed by atoms with E-state index in [1.165, 1.54) is 6.20 Å². The first-order valence-corrected chi connectivity index (χ1v) is 10.5. The number of anilines is 2. The van der Waals surface area contributed by atoms with Crippen LogP contribution in [-0.2, 0) is 9.59 Å². The van der Waals surface area contributed by atoms with E-state index in [1.807, 2.05) is 29.4 Å². The number of benzene rings is 1. The van der Waals surface area contributed by atoms with Gasteiger partial charge in [0.25, 0.3) is 0 Å². The Balaban J connectivity index is 1.45. The molecule has 1 fully saturated rings. The second-order valence-corrected chi connectivity index (χ2v) is 7.55. The lowest BCUT2D eigenvalue weighted by Crippen LogP contribution is -2.42. The Labute approximate surface area is 173 Å². The van der Waals surface area contributed by atoms with Crippen molar-refractivity contribution in [2.45, 2.75) is 17.7 Å². The lowest BCUT2D eigenvalue weighted by Gasteiger charge is -2.32. The number of hydrogen-bond acceptors (Lipinski definition) is 7. The zero-order chi connectivity index (χ0) is 20.6. The van der Waals surface area contributed by atoms with Gasteiger partial charge in [-0.15, -0.1) is 11.8 Å². The van der Waals surface area contributed by atoms with Crippen molar-refractivity contribution >= 4 is 35.1 Å². The minimum atomic E-state index is -0.668. The van der Waals surface area contributed by atoms with Gasteiger partial charge in [-0.1, -0.05) is 6.07 Å². The van der Waals surface area contributed by atoms with E-state index < -0.39 is 11.8 Å². The topological polar surface area (TPSA) is 111 Å². The van der Waals surface area contributed by atoms with Gasteiger partial charge in [0.2, 0.25) is 0 Å². The maximum Gasteiger partial charge on any atom is 0.313 e. The van der Waals surface area contributed by atoms with Crippen LogP contribution in [0.1, 0.15) is 18.5 Å². The van der Waals surface area contributed by atoms with Crippen LogP contribution in [-0.4, -0.2) is 47.7 Å². The smallest absolute Gasteiger partial charge is 0.313 e. The van der Waals surface area contributed by atoms with Gasteiger partial charge in [0.1, 0.15) is 6.07 Å². The molecule has 0 atom stereocenters. The van der Waals surface area contributed by atoms with Crippen molar-refractivity contribution in [3.8, 4) is 6.07 Å². The zero-order valence-electron chi connectivity index (χ0n) is 16.1. The van der Waals surface area contributed by atoms with Gasteiger partial charge in [-0.05, 0) is 43.2 Å². The van der Waals surface area contributed by atoms with Crippen LogP contribution in [0.4, 0.5) is 11.5 Å². The maximum atomic E-state index is 12.1. The summed E-state index contributed by atoms with van der Waals surface area (Å²) in [5, 5.41) is 14.5. The summed E-state index contributed by atoms with van der Waals surface area (Å²) in [7, 11) is 0. The SMILES string of the molecule is CSc1cccc(NC(=O)C(=O)NCC2CCN(c3nccnc3C#N)CC2)c1. The van der Waals surface area contributed by atoms with Crippen LogP contribution >= 0.6 is 11.8 Å². The number of nitrogens with one attached hydrogen (secondary N) is 2. The van der Waals surface area contributed by atoms with Crippen molar-refractivity contribution in [1.82, 2.24) is 15.3 Å². The normalized spacial score (nSPS) is 14.1. The molecular weight excluding hydrogens is 388 g/mol. The summed E-state index contributed by atoms with van der Waals surface area (Å²) in [4.78, 5) is 35.6. The van der Waals surface area contributed by atoms with E-state index in [4.69, 9.17) is 5.26 Å². The highest BCUT2D eigenvalue weighted by molar-refractivity contribution is 7.98. The Morgan fingerprint density at radius 2 is 2.00 bits per heavy atom. The number of thioether (sulfide) groups is 1. The first-order chi connectivity index (χ1) is 14.1. The maximum absolute atomic E-state index is 12.1. The summed E-state index contributed by atoms with van der Waals surface area (Å²) in [5.74, 6) is -0.434. The molecule has 2 amide bonds. The Morgan fingerprint density at radius 3 is 2.72 bits per heavy atom. The molecule has 0 aliphatic carbocycles. The molecule has 1 aliphatic heterocycles. The third-order valence-electron chi connectivity index (χ3n) is 4.78. The average Bonchev–Trinajstić information content (AvgIpc) is 2.77. The van der Waals surface area contributed by atoms with Gasteiger partial charge >= 0.3 is 11.8 Å². The molecule has 29 heavy (non-hydrogen) atoms. The summed E-state index contributed by atoms with van der Waals surface area (Å²) in [6.07, 6.45) is 6.70. The van der Waals surface area contributed by atoms with Gasteiger partial charge in [-0.3, -0.25) is 9.59 Å². The molecule has 1 aromatic carbocycles. The molecule has 1 saturated heterocycles. The fourth-order valence-corrected chi connectivity index (χ4v) is 3.66. The van der Waals surface area contributed by atoms with Crippen LogP contribution in [0.15, 0.2) is 41.6 Å². The van der Waals surface area contributed by atoms with E-state index in [0.29, 0.717) is 23.7 Å². The van der Waals surface area contributed by atoms with E-state index >= 15 is 0 Å². The molecule has 150 valence electrons. The molecule has 0 radical (unpaired) electrons. The molecule has 2 N–H and O–H groups in total. The van der Waals surface area contributed by atoms with Crippen LogP contribution < -0.4 is 15.5 Å². The Kier molecular flexibility index (Phi) is 7.03. The highest BCUT2D eigenvalue weighted by Gasteiger charge is 2.23. The lowest BCUT2D eigenvalue weighted by molar-refractivity contribution is -0.136. The standard InChI is InChI=1S/C20H22N6O2S/c1-29-16-4-2-3-15(11-16)25-20(28)19(27)24-13-14-5-9-26(10-6-14)18-17(12-21)22-7-8-23-18/h2-4,7-8,11,14H,5-6,9-10,13H2,1H3,(H,24,27)(H,25,28). The summed E-state index contributed by atoms with van der Waals surface area (Å²) in [5.41, 5.74) is 0.920. The molecule has 3 rings (SSSR count). The Bertz CT molecular complexity index is 921. The molecule has 0 bridgehead atoms. The van der Waals surface area contributed by atoms with E-state index in [2.05, 4.69) is 26.7 Å². The number of rotatable bonds is 5. The van der Waals surface area contributed by atoms with Crippen molar-refractivity contribution in [3.05, 3.63) is 42.4 Å². The van der Waals surface area contributed by atoms with Crippen LogP contribution in [0.3, 0.4) is 0 Å². The highest BCUT2D eigenvalue weighted by atomic mass is 32.2. The van der Waals surface area contributed by atoms with Gasteiger partial charge in [-0.2, -0.15) is 5.26 Å². The monoisotopic (exact) mass is 410 g/mol. The van der Waals surface area contributed by atoms with Crippen molar-refractivity contribution < 1.29 is 9.59 Å². The Morgan fingerprint density at radius 1 is 1.24 bits per heavy atom. The zero-order valence-corrected chi connectivity index (χ0v) is 16.9. The first kappa shape index (κ1) is 20.6. The summed E-state index contributed by atoms with van der Waals surface area (Å²) in [6.45, 7) is 1.89. The number of carbonyl (C=O) groups is 2. The number of nitrogens with zero attached hydrogens (tertiary/aromatic N) is 4. The number of carbonyl (C=O) groups excluding carboxylic acids is 2. The highest BCUT2D eigenvalue weighted by Crippen LogP contribution is 2.23. The number of hydrogen-bond donors (Lipinski definition) is 2. The van der Waals surface area contributed by atoms with Gasteiger partial charge in [-0.25, -0.2) is 9.97 Å². The van der Waals surface area contributed by atoms with Crippen LogP contribution in [0.2, 0.25) is 0 Å². The molecule has 1 aromatic heterocycles. The third kappa shape index (κ3) is 5.45. The molecule has 2 heterocycles. The quantitative estimate of drug-likeness (QED) is 0.573. The fraction of sp³-hybridized carbons (Fsp3) is 0.350. The van der Waals surface area contributed by atoms with E-state index in [1.54, 1.807) is 24.0 Å². The number of piperidine rings is 1. The second-order valence-electron chi connectivity index (χ2n) is 6.67. The van der Waals surface area contributed by atoms with E-state index in [9.17, 15) is 9.59 Å². The summed E-state index contributed by atoms with van der Waals surface area (Å²) in [6, 6.07) is 9.42. The molecular formula is C20H22N6O2S. The lowest BCUT2D eigenvalue weighted by atomic mass is 9.96. The molecule has 0 spiro atoms. The van der Waals surface area contributed by atoms with Crippen LogP contribution in [0.5, 0.6) is 0 Å². The van der Waals surface area contributed by atoms with Crippen molar-refractivity contribution in [2.24, 2.45) is 5.92 Å². The molecule has 1 aliphatic rings. The van der Waals surface area contributed by atoms with Crippen LogP contribution in [0.25, 0.3) is 0 Å². The van der Waals surface area contributed by atoms with Gasteiger partial charge in [0, 0.05) is 42.6 Å². The van der Waals surface area contributed by atoms with Crippen molar-refractivity contribution in [2.75, 3.05) is 36.1 Å². The Hall–Kier alpha value is -3.12. The van der Waals surface area contributed by atoms with Crippen molar-refractivity contribution in [1.29, 1.82) is 5.26 Å². The molecule has 9 heteroatoms. The summed E-state index contributed by atoms with van der Waals surface area (Å²) < 4.78 is 0. The minimum absolute atomic E-state index is 0.269. The largest absolute Gasteiger partial charge is 0.354 e. The first-order valence-electron chi connectivity index (χ1n) is 9.30. The van der Waals surface area contributed by atoms with E-state index in [-0.39, 0.29) is 5.92 Å². The van der Waals surface area contributed by atoms with E-state index in [0.717, 1.165) is 30.8 Å². The number of amides is 2. The minimum Gasteiger partial charge on any atom is -0.354 e. The fourth-order valence-electron chi connectivity index (χ4n) is 3.20.